The van der Waals surface area contributed by atoms with E-state index in [1.807, 2.05) is 13.8 Å². The topological polar surface area (TPSA) is 0 Å². The number of benzene rings is 4. The molecule has 2 aliphatic rings. The fraction of sp³-hybridized carbons (Fsp3) is 0.172. The molecule has 0 N–H and O–H groups in total. The zero-order valence-corrected chi connectivity index (χ0v) is 17.6. The molecule has 0 aromatic heterocycles. The molecule has 4 aromatic carbocycles. The average molecular weight is 375 g/mol. The van der Waals surface area contributed by atoms with E-state index in [4.69, 9.17) is 0 Å². The lowest BCUT2D eigenvalue weighted by Gasteiger charge is -2.30. The number of hydrogen-bond donors (Lipinski definition) is 0. The molecule has 6 rings (SSSR count). The van der Waals surface area contributed by atoms with Crippen LogP contribution in [0.25, 0.3) is 22.3 Å². The van der Waals surface area contributed by atoms with Gasteiger partial charge in [0.25, 0.3) is 0 Å². The van der Waals surface area contributed by atoms with Gasteiger partial charge in [-0.15, -0.1) is 0 Å². The summed E-state index contributed by atoms with van der Waals surface area (Å²) in [6.45, 7) is 8.41. The van der Waals surface area contributed by atoms with E-state index >= 15 is 0 Å². The maximum absolute atomic E-state index is 2.41. The number of aryl methyl sites for hydroxylation is 2. The summed E-state index contributed by atoms with van der Waals surface area (Å²) in [7, 11) is 0. The normalized spacial score (nSPS) is 13.8. The smallest absolute Gasteiger partial charge is 0.0683 e. The number of rotatable bonds is 0. The van der Waals surface area contributed by atoms with Gasteiger partial charge in [-0.05, 0) is 58.4 Å². The summed E-state index contributed by atoms with van der Waals surface area (Å²) in [6.07, 6.45) is 0. The van der Waals surface area contributed by atoms with E-state index in [1.54, 1.807) is 0 Å². The third-order valence-electron chi connectivity index (χ3n) is 6.40. The van der Waals surface area contributed by atoms with Crippen molar-refractivity contribution in [2.75, 3.05) is 0 Å². The van der Waals surface area contributed by atoms with Crippen molar-refractivity contribution >= 4 is 0 Å². The SMILES string of the molecule is CC.Cc1ccc2c(c1)C1(c3ccccc3-c3ccccc31)c1cc(C)ccc1-2. The Hall–Kier alpha value is -3.12. The Morgan fingerprint density at radius 1 is 0.448 bits per heavy atom. The molecule has 29 heavy (non-hydrogen) atoms. The van der Waals surface area contributed by atoms with Crippen LogP contribution in [-0.4, -0.2) is 0 Å². The van der Waals surface area contributed by atoms with E-state index in [1.165, 1.54) is 55.6 Å². The third kappa shape index (κ3) is 2.20. The van der Waals surface area contributed by atoms with Gasteiger partial charge in [0, 0.05) is 0 Å². The van der Waals surface area contributed by atoms with E-state index < -0.39 is 0 Å². The average Bonchev–Trinajstić information content (AvgIpc) is 3.22. The molecule has 2 aliphatic carbocycles. The predicted molar refractivity (Wildman–Crippen MR) is 124 cm³/mol. The van der Waals surface area contributed by atoms with Crippen LogP contribution in [0.1, 0.15) is 47.2 Å². The van der Waals surface area contributed by atoms with Gasteiger partial charge < -0.3 is 0 Å². The van der Waals surface area contributed by atoms with Crippen molar-refractivity contribution < 1.29 is 0 Å². The van der Waals surface area contributed by atoms with Gasteiger partial charge in [-0.25, -0.2) is 0 Å². The van der Waals surface area contributed by atoms with E-state index in [2.05, 4.69) is 98.8 Å². The zero-order chi connectivity index (χ0) is 20.2. The molecule has 0 unspecified atom stereocenters. The van der Waals surface area contributed by atoms with Crippen LogP contribution in [0.4, 0.5) is 0 Å². The summed E-state index contributed by atoms with van der Waals surface area (Å²) < 4.78 is 0. The maximum Gasteiger partial charge on any atom is 0.0725 e. The molecule has 0 nitrogen and oxygen atoms in total. The largest absolute Gasteiger partial charge is 0.0725 e. The Labute approximate surface area is 173 Å². The molecule has 0 atom stereocenters. The zero-order valence-electron chi connectivity index (χ0n) is 17.6. The second-order valence-electron chi connectivity index (χ2n) is 7.94. The van der Waals surface area contributed by atoms with E-state index in [9.17, 15) is 0 Å². The first-order chi connectivity index (χ1) is 14.2. The summed E-state index contributed by atoms with van der Waals surface area (Å²) >= 11 is 0. The van der Waals surface area contributed by atoms with Crippen molar-refractivity contribution in [1.29, 1.82) is 0 Å². The van der Waals surface area contributed by atoms with Crippen molar-refractivity contribution in [3.8, 4) is 22.3 Å². The quantitative estimate of drug-likeness (QED) is 0.256. The van der Waals surface area contributed by atoms with Crippen molar-refractivity contribution in [1.82, 2.24) is 0 Å². The summed E-state index contributed by atoms with van der Waals surface area (Å²) in [6, 6.07) is 31.9. The Morgan fingerprint density at radius 2 is 0.828 bits per heavy atom. The second kappa shape index (κ2) is 6.46. The monoisotopic (exact) mass is 374 g/mol. The number of hydrogen-bond acceptors (Lipinski definition) is 0. The van der Waals surface area contributed by atoms with Crippen LogP contribution in [0.3, 0.4) is 0 Å². The maximum atomic E-state index is 2.41. The molecule has 142 valence electrons. The van der Waals surface area contributed by atoms with Crippen LogP contribution >= 0.6 is 0 Å². The lowest BCUT2D eigenvalue weighted by atomic mass is 9.70. The molecule has 0 aliphatic heterocycles. The van der Waals surface area contributed by atoms with Crippen LogP contribution in [0, 0.1) is 13.8 Å². The highest BCUT2D eigenvalue weighted by molar-refractivity contribution is 5.95. The van der Waals surface area contributed by atoms with Crippen LogP contribution in [0.5, 0.6) is 0 Å². The van der Waals surface area contributed by atoms with Crippen molar-refractivity contribution in [2.24, 2.45) is 0 Å². The van der Waals surface area contributed by atoms with Crippen molar-refractivity contribution in [3.05, 3.63) is 118 Å². The molecule has 0 heterocycles. The Kier molecular flexibility index (Phi) is 3.99. The molecule has 4 aromatic rings. The highest BCUT2D eigenvalue weighted by Gasteiger charge is 2.51. The van der Waals surface area contributed by atoms with Crippen LogP contribution in [-0.2, 0) is 5.41 Å². The van der Waals surface area contributed by atoms with Gasteiger partial charge in [0.05, 0.1) is 5.41 Å². The molecule has 0 saturated heterocycles. The van der Waals surface area contributed by atoms with Gasteiger partial charge in [0.2, 0.25) is 0 Å². The molecule has 0 amide bonds. The lowest BCUT2D eigenvalue weighted by molar-refractivity contribution is 0.791. The summed E-state index contributed by atoms with van der Waals surface area (Å²) in [5.74, 6) is 0. The van der Waals surface area contributed by atoms with Crippen LogP contribution in [0.2, 0.25) is 0 Å². The van der Waals surface area contributed by atoms with E-state index in [0.717, 1.165) is 0 Å². The number of fused-ring (bicyclic) bond motifs is 10. The van der Waals surface area contributed by atoms with Gasteiger partial charge in [-0.3, -0.25) is 0 Å². The molecule has 0 saturated carbocycles. The molecule has 0 fully saturated rings. The van der Waals surface area contributed by atoms with Crippen LogP contribution in [0.15, 0.2) is 84.9 Å². The summed E-state index contributed by atoms with van der Waals surface area (Å²) in [5, 5.41) is 0. The third-order valence-corrected chi connectivity index (χ3v) is 6.40. The van der Waals surface area contributed by atoms with Gasteiger partial charge in [0.1, 0.15) is 0 Å². The first-order valence-corrected chi connectivity index (χ1v) is 10.6. The Bertz CT molecular complexity index is 1140. The minimum Gasteiger partial charge on any atom is -0.0683 e. The Morgan fingerprint density at radius 3 is 1.28 bits per heavy atom. The highest BCUT2D eigenvalue weighted by atomic mass is 14.5. The minimum atomic E-state index is -0.199. The first kappa shape index (κ1) is 17.9. The molecule has 0 bridgehead atoms. The summed E-state index contributed by atoms with van der Waals surface area (Å²) in [4.78, 5) is 0. The van der Waals surface area contributed by atoms with Crippen LogP contribution < -0.4 is 0 Å². The van der Waals surface area contributed by atoms with Gasteiger partial charge >= 0.3 is 0 Å². The van der Waals surface area contributed by atoms with E-state index in [0.29, 0.717) is 0 Å². The highest BCUT2D eigenvalue weighted by Crippen LogP contribution is 2.62. The van der Waals surface area contributed by atoms with Gasteiger partial charge in [0.15, 0.2) is 0 Å². The fourth-order valence-electron chi connectivity index (χ4n) is 5.37. The van der Waals surface area contributed by atoms with Crippen molar-refractivity contribution in [2.45, 2.75) is 33.1 Å². The summed E-state index contributed by atoms with van der Waals surface area (Å²) in [5.41, 5.74) is 13.6. The molecular weight excluding hydrogens is 348 g/mol. The van der Waals surface area contributed by atoms with E-state index in [-0.39, 0.29) is 5.41 Å². The molecule has 1 spiro atoms. The van der Waals surface area contributed by atoms with Crippen molar-refractivity contribution in [3.63, 3.8) is 0 Å². The standard InChI is InChI=1S/C27H20.C2H6/c1-17-11-13-21-22-14-12-18(2)16-26(22)27(25(21)15-17)23-9-5-3-7-19(23)20-8-4-6-10-24(20)27;1-2/h3-16H,1-2H3;1-2H3. The molecule has 0 heteroatoms. The minimum absolute atomic E-state index is 0.199. The first-order valence-electron chi connectivity index (χ1n) is 10.6. The van der Waals surface area contributed by atoms with Gasteiger partial charge in [-0.1, -0.05) is 110 Å². The predicted octanol–water partition coefficient (Wildman–Crippen LogP) is 7.67. The van der Waals surface area contributed by atoms with Gasteiger partial charge in [-0.2, -0.15) is 0 Å². The second-order valence-corrected chi connectivity index (χ2v) is 7.94. The Balaban J connectivity index is 0.000000882. The fourth-order valence-corrected chi connectivity index (χ4v) is 5.37. The molecular formula is C29H26. The molecule has 0 radical (unpaired) electrons. The lowest BCUT2D eigenvalue weighted by Crippen LogP contribution is -2.26.